The molecule has 2 heterocycles. The maximum Gasteiger partial charge on any atom is 0.261 e. The van der Waals surface area contributed by atoms with Gasteiger partial charge in [-0.05, 0) is 43.7 Å². The molecule has 1 aliphatic carbocycles. The lowest BCUT2D eigenvalue weighted by atomic mass is 9.90. The Kier molecular flexibility index (Phi) is 4.10. The van der Waals surface area contributed by atoms with Gasteiger partial charge in [0.25, 0.3) is 5.91 Å². The Balaban J connectivity index is 1.63. The normalized spacial score (nSPS) is 19.0. The van der Waals surface area contributed by atoms with Crippen LogP contribution in [0, 0.1) is 5.92 Å². The third kappa shape index (κ3) is 3.35. The zero-order chi connectivity index (χ0) is 14.8. The minimum atomic E-state index is 0.0506. The van der Waals surface area contributed by atoms with E-state index >= 15 is 0 Å². The van der Waals surface area contributed by atoms with Crippen molar-refractivity contribution < 1.29 is 4.79 Å². The predicted molar refractivity (Wildman–Crippen MR) is 84.7 cm³/mol. The molecule has 5 heteroatoms. The van der Waals surface area contributed by atoms with E-state index in [4.69, 9.17) is 0 Å². The molecule has 2 atom stereocenters. The van der Waals surface area contributed by atoms with Crippen LogP contribution in [0.15, 0.2) is 24.8 Å². The average molecular weight is 303 g/mol. The van der Waals surface area contributed by atoms with Crippen molar-refractivity contribution in [2.75, 3.05) is 0 Å². The summed E-state index contributed by atoms with van der Waals surface area (Å²) in [7, 11) is 0. The number of thiophene rings is 1. The van der Waals surface area contributed by atoms with Crippen molar-refractivity contribution in [3.63, 3.8) is 0 Å². The molecule has 1 aliphatic rings. The summed E-state index contributed by atoms with van der Waals surface area (Å²) < 4.78 is 1.98. The zero-order valence-corrected chi connectivity index (χ0v) is 13.3. The van der Waals surface area contributed by atoms with Gasteiger partial charge in [-0.25, -0.2) is 4.98 Å². The van der Waals surface area contributed by atoms with Gasteiger partial charge < -0.3 is 9.88 Å². The van der Waals surface area contributed by atoms with Gasteiger partial charge in [0.1, 0.15) is 0 Å². The number of carbonyl (C=O) groups is 1. The maximum atomic E-state index is 12.4. The first-order valence-electron chi connectivity index (χ1n) is 7.50. The van der Waals surface area contributed by atoms with Crippen LogP contribution in [0.2, 0.25) is 0 Å². The van der Waals surface area contributed by atoms with E-state index in [9.17, 15) is 4.79 Å². The summed E-state index contributed by atoms with van der Waals surface area (Å²) in [6, 6.07) is 2.18. The molecule has 1 amide bonds. The molecule has 0 saturated heterocycles. The molecule has 21 heavy (non-hydrogen) atoms. The van der Waals surface area contributed by atoms with Gasteiger partial charge in [-0.1, -0.05) is 6.92 Å². The summed E-state index contributed by atoms with van der Waals surface area (Å²) in [6.45, 7) is 5.05. The van der Waals surface area contributed by atoms with Gasteiger partial charge in [0.2, 0.25) is 0 Å². The minimum absolute atomic E-state index is 0.0506. The molecular weight excluding hydrogens is 282 g/mol. The highest BCUT2D eigenvalue weighted by Gasteiger charge is 2.21. The lowest BCUT2D eigenvalue weighted by molar-refractivity contribution is 0.0940. The molecule has 0 aliphatic heterocycles. The Morgan fingerprint density at radius 3 is 3.24 bits per heavy atom. The smallest absolute Gasteiger partial charge is 0.261 e. The number of aromatic nitrogens is 2. The summed E-state index contributed by atoms with van der Waals surface area (Å²) in [5.41, 5.74) is 1.38. The van der Waals surface area contributed by atoms with Crippen LogP contribution in [0.25, 0.3) is 0 Å². The van der Waals surface area contributed by atoms with Crippen molar-refractivity contribution in [2.45, 2.75) is 45.7 Å². The molecule has 0 radical (unpaired) electrons. The first-order chi connectivity index (χ1) is 10.1. The van der Waals surface area contributed by atoms with E-state index in [-0.39, 0.29) is 11.9 Å². The Labute approximate surface area is 129 Å². The van der Waals surface area contributed by atoms with Crippen LogP contribution in [-0.4, -0.2) is 21.5 Å². The predicted octanol–water partition coefficient (Wildman–Crippen LogP) is 2.89. The topological polar surface area (TPSA) is 46.9 Å². The van der Waals surface area contributed by atoms with Gasteiger partial charge >= 0.3 is 0 Å². The van der Waals surface area contributed by atoms with Gasteiger partial charge in [-0.15, -0.1) is 11.3 Å². The Morgan fingerprint density at radius 2 is 2.48 bits per heavy atom. The lowest BCUT2D eigenvalue weighted by Gasteiger charge is -2.16. The van der Waals surface area contributed by atoms with Crippen LogP contribution in [0.3, 0.4) is 0 Å². The van der Waals surface area contributed by atoms with Crippen LogP contribution in [0.1, 0.15) is 40.4 Å². The third-order valence-corrected chi connectivity index (χ3v) is 5.21. The molecule has 2 aromatic rings. The molecule has 2 aromatic heterocycles. The van der Waals surface area contributed by atoms with Crippen LogP contribution in [0.5, 0.6) is 0 Å². The minimum Gasteiger partial charge on any atom is -0.347 e. The van der Waals surface area contributed by atoms with E-state index in [2.05, 4.69) is 23.3 Å². The summed E-state index contributed by atoms with van der Waals surface area (Å²) in [5.74, 6) is 0.790. The summed E-state index contributed by atoms with van der Waals surface area (Å²) in [4.78, 5) is 18.6. The van der Waals surface area contributed by atoms with Crippen LogP contribution >= 0.6 is 11.3 Å². The van der Waals surface area contributed by atoms with Crippen LogP contribution < -0.4 is 5.32 Å². The first kappa shape index (κ1) is 14.3. The number of imidazole rings is 1. The number of hydrogen-bond acceptors (Lipinski definition) is 3. The standard InChI is InChI=1S/C16H21N3OS/c1-11-3-4-14-13(7-11)8-15(21-14)16(20)18-12(2)9-19-6-5-17-10-19/h5-6,8,10-12H,3-4,7,9H2,1-2H3,(H,18,20)/t11-,12-/m0/s1. The summed E-state index contributed by atoms with van der Waals surface area (Å²) in [6.07, 6.45) is 8.92. The fourth-order valence-electron chi connectivity index (χ4n) is 2.87. The van der Waals surface area contributed by atoms with Crippen molar-refractivity contribution >= 4 is 17.2 Å². The number of rotatable bonds is 4. The number of carbonyl (C=O) groups excluding carboxylic acids is 1. The van der Waals surface area contributed by atoms with Crippen molar-refractivity contribution in [3.8, 4) is 0 Å². The van der Waals surface area contributed by atoms with Gasteiger partial charge in [0.05, 0.1) is 11.2 Å². The van der Waals surface area contributed by atoms with E-state index in [1.807, 2.05) is 17.7 Å². The van der Waals surface area contributed by atoms with Crippen molar-refractivity contribution in [3.05, 3.63) is 40.1 Å². The molecule has 0 fully saturated rings. The molecule has 112 valence electrons. The van der Waals surface area contributed by atoms with Gasteiger partial charge in [-0.3, -0.25) is 4.79 Å². The fourth-order valence-corrected chi connectivity index (χ4v) is 3.98. The van der Waals surface area contributed by atoms with E-state index in [1.54, 1.807) is 23.9 Å². The molecular formula is C16H21N3OS. The van der Waals surface area contributed by atoms with Crippen LogP contribution in [-0.2, 0) is 19.4 Å². The molecule has 1 N–H and O–H groups in total. The number of amides is 1. The van der Waals surface area contributed by atoms with E-state index in [0.29, 0.717) is 0 Å². The molecule has 0 aromatic carbocycles. The second-order valence-electron chi connectivity index (χ2n) is 6.04. The van der Waals surface area contributed by atoms with Crippen molar-refractivity contribution in [1.82, 2.24) is 14.9 Å². The average Bonchev–Trinajstić information content (AvgIpc) is 3.06. The second kappa shape index (κ2) is 6.02. The molecule has 4 nitrogen and oxygen atoms in total. The zero-order valence-electron chi connectivity index (χ0n) is 12.5. The first-order valence-corrected chi connectivity index (χ1v) is 8.31. The molecule has 0 bridgehead atoms. The highest BCUT2D eigenvalue weighted by atomic mass is 32.1. The SMILES string of the molecule is C[C@H]1CCc2sc(C(=O)N[C@@H](C)Cn3ccnc3)cc2C1. The number of hydrogen-bond donors (Lipinski definition) is 1. The number of aryl methyl sites for hydroxylation is 1. The van der Waals surface area contributed by atoms with E-state index < -0.39 is 0 Å². The highest BCUT2D eigenvalue weighted by molar-refractivity contribution is 7.14. The van der Waals surface area contributed by atoms with E-state index in [1.165, 1.54) is 16.9 Å². The molecule has 0 saturated carbocycles. The molecule has 3 rings (SSSR count). The quantitative estimate of drug-likeness (QED) is 0.944. The number of nitrogens with zero attached hydrogens (tertiary/aromatic N) is 2. The lowest BCUT2D eigenvalue weighted by Crippen LogP contribution is -2.35. The Hall–Kier alpha value is -1.62. The Bertz CT molecular complexity index is 618. The summed E-state index contributed by atoms with van der Waals surface area (Å²) >= 11 is 1.66. The molecule has 0 spiro atoms. The van der Waals surface area contributed by atoms with Crippen molar-refractivity contribution in [2.24, 2.45) is 5.92 Å². The van der Waals surface area contributed by atoms with E-state index in [0.717, 1.165) is 30.2 Å². The number of nitrogens with one attached hydrogen (secondary N) is 1. The maximum absolute atomic E-state index is 12.4. The number of fused-ring (bicyclic) bond motifs is 1. The van der Waals surface area contributed by atoms with Crippen LogP contribution in [0.4, 0.5) is 0 Å². The largest absolute Gasteiger partial charge is 0.347 e. The third-order valence-electron chi connectivity index (χ3n) is 3.97. The van der Waals surface area contributed by atoms with Gasteiger partial charge in [-0.2, -0.15) is 0 Å². The van der Waals surface area contributed by atoms with Gasteiger partial charge in [0, 0.05) is 29.9 Å². The fraction of sp³-hybridized carbons (Fsp3) is 0.500. The highest BCUT2D eigenvalue weighted by Crippen LogP contribution is 2.32. The Morgan fingerprint density at radius 1 is 1.62 bits per heavy atom. The summed E-state index contributed by atoms with van der Waals surface area (Å²) in [5, 5.41) is 3.08. The van der Waals surface area contributed by atoms with Crippen molar-refractivity contribution in [1.29, 1.82) is 0 Å². The second-order valence-corrected chi connectivity index (χ2v) is 7.18. The molecule has 0 unspecified atom stereocenters. The monoisotopic (exact) mass is 303 g/mol. The van der Waals surface area contributed by atoms with Gasteiger partial charge in [0.15, 0.2) is 0 Å².